The van der Waals surface area contributed by atoms with Gasteiger partial charge in [0.1, 0.15) is 0 Å². The summed E-state index contributed by atoms with van der Waals surface area (Å²) in [7, 11) is 0. The minimum absolute atomic E-state index is 0.0527. The van der Waals surface area contributed by atoms with Crippen LogP contribution in [0, 0.1) is 8.99 Å². The first-order valence-electron chi connectivity index (χ1n) is 6.47. The summed E-state index contributed by atoms with van der Waals surface area (Å²) in [4.78, 5) is 15.4. The van der Waals surface area contributed by atoms with E-state index in [9.17, 15) is 4.79 Å². The zero-order chi connectivity index (χ0) is 14.3. The van der Waals surface area contributed by atoms with E-state index in [2.05, 4.69) is 51.2 Å². The Morgan fingerprint density at radius 3 is 2.95 bits per heavy atom. The molecule has 0 saturated heterocycles. The maximum absolute atomic E-state index is 10.8. The van der Waals surface area contributed by atoms with Gasteiger partial charge < -0.3 is 9.67 Å². The molecule has 0 radical (unpaired) electrons. The van der Waals surface area contributed by atoms with Crippen LogP contribution in [0.5, 0.6) is 0 Å². The molecular weight excluding hydrogens is 387 g/mol. The fourth-order valence-corrected chi connectivity index (χ4v) is 3.43. The molecule has 6 heteroatoms. The summed E-state index contributed by atoms with van der Waals surface area (Å²) in [6.45, 7) is 3.20. The predicted octanol–water partition coefficient (Wildman–Crippen LogP) is 3.62. The quantitative estimate of drug-likeness (QED) is 0.613. The lowest BCUT2D eigenvalue weighted by Crippen LogP contribution is -2.10. The molecule has 4 nitrogen and oxygen atoms in total. The summed E-state index contributed by atoms with van der Waals surface area (Å²) < 4.78 is 3.33. The summed E-state index contributed by atoms with van der Waals surface area (Å²) in [6, 6.07) is 6.20. The van der Waals surface area contributed by atoms with E-state index in [1.54, 1.807) is 0 Å². The number of fused-ring (bicyclic) bond motifs is 1. The Morgan fingerprint density at radius 2 is 2.30 bits per heavy atom. The van der Waals surface area contributed by atoms with Crippen molar-refractivity contribution in [3.63, 3.8) is 0 Å². The molecule has 1 saturated carbocycles. The number of rotatable bonds is 5. The van der Waals surface area contributed by atoms with Crippen LogP contribution in [0.1, 0.15) is 19.8 Å². The van der Waals surface area contributed by atoms with E-state index in [0.29, 0.717) is 5.41 Å². The molecule has 1 N–H and O–H groups in total. The van der Waals surface area contributed by atoms with Crippen molar-refractivity contribution in [3.05, 3.63) is 21.8 Å². The number of carboxylic acids is 1. The maximum Gasteiger partial charge on any atom is 0.313 e. The van der Waals surface area contributed by atoms with Crippen molar-refractivity contribution in [3.8, 4) is 0 Å². The molecule has 1 heterocycles. The van der Waals surface area contributed by atoms with Crippen LogP contribution in [0.15, 0.2) is 23.4 Å². The van der Waals surface area contributed by atoms with Gasteiger partial charge in [-0.3, -0.25) is 4.79 Å². The number of aromatic nitrogens is 2. The molecule has 106 valence electrons. The highest BCUT2D eigenvalue weighted by molar-refractivity contribution is 14.1. The standard InChI is InChI=1S/C14H15IN2O2S/c1-14(4-5-14)8-17-11-3-2-9(15)6-10(11)16-13(17)20-7-12(18)19/h2-3,6H,4-5,7-8H2,1H3,(H,18,19). The van der Waals surface area contributed by atoms with Gasteiger partial charge in [0.15, 0.2) is 5.16 Å². The van der Waals surface area contributed by atoms with Crippen molar-refractivity contribution in [1.29, 1.82) is 0 Å². The topological polar surface area (TPSA) is 55.1 Å². The molecule has 2 aromatic rings. The molecule has 20 heavy (non-hydrogen) atoms. The molecule has 1 aromatic heterocycles. The Kier molecular flexibility index (Phi) is 3.70. The summed E-state index contributed by atoms with van der Waals surface area (Å²) in [5.74, 6) is -0.752. The highest BCUT2D eigenvalue weighted by atomic mass is 127. The lowest BCUT2D eigenvalue weighted by atomic mass is 10.1. The number of carboxylic acid groups (broad SMARTS) is 1. The van der Waals surface area contributed by atoms with Crippen LogP contribution in [0.3, 0.4) is 0 Å². The van der Waals surface area contributed by atoms with Crippen LogP contribution in [0.4, 0.5) is 0 Å². The highest BCUT2D eigenvalue weighted by Crippen LogP contribution is 2.47. The van der Waals surface area contributed by atoms with E-state index in [1.807, 2.05) is 6.07 Å². The normalized spacial score (nSPS) is 16.5. The largest absolute Gasteiger partial charge is 0.481 e. The number of nitrogens with zero attached hydrogens (tertiary/aromatic N) is 2. The number of aliphatic carboxylic acids is 1. The Labute approximate surface area is 135 Å². The first kappa shape index (κ1) is 14.2. The zero-order valence-electron chi connectivity index (χ0n) is 11.1. The molecule has 1 aromatic carbocycles. The fourth-order valence-electron chi connectivity index (χ4n) is 2.22. The van der Waals surface area contributed by atoms with Crippen molar-refractivity contribution in [2.75, 3.05) is 5.75 Å². The van der Waals surface area contributed by atoms with Gasteiger partial charge >= 0.3 is 5.97 Å². The predicted molar refractivity (Wildman–Crippen MR) is 88.2 cm³/mol. The van der Waals surface area contributed by atoms with Crippen LogP contribution in [-0.4, -0.2) is 26.4 Å². The van der Waals surface area contributed by atoms with Crippen molar-refractivity contribution >= 4 is 51.4 Å². The first-order valence-corrected chi connectivity index (χ1v) is 8.54. The minimum atomic E-state index is -0.805. The van der Waals surface area contributed by atoms with Gasteiger partial charge in [0.05, 0.1) is 16.8 Å². The van der Waals surface area contributed by atoms with Gasteiger partial charge in [-0.2, -0.15) is 0 Å². The third kappa shape index (κ3) is 2.95. The number of halogens is 1. The van der Waals surface area contributed by atoms with Gasteiger partial charge in [0.25, 0.3) is 0 Å². The lowest BCUT2D eigenvalue weighted by Gasteiger charge is -2.13. The van der Waals surface area contributed by atoms with Gasteiger partial charge in [0.2, 0.25) is 0 Å². The van der Waals surface area contributed by atoms with Gasteiger partial charge in [-0.15, -0.1) is 0 Å². The average molecular weight is 402 g/mol. The van der Waals surface area contributed by atoms with Crippen LogP contribution < -0.4 is 0 Å². The molecule has 0 aliphatic heterocycles. The summed E-state index contributed by atoms with van der Waals surface area (Å²) in [5, 5.41) is 9.69. The van der Waals surface area contributed by atoms with Gasteiger partial charge in [-0.25, -0.2) is 4.98 Å². The molecule has 0 bridgehead atoms. The summed E-state index contributed by atoms with van der Waals surface area (Å²) in [6.07, 6.45) is 2.47. The maximum atomic E-state index is 10.8. The SMILES string of the molecule is CC1(Cn2c(SCC(=O)O)nc3cc(I)ccc32)CC1. The average Bonchev–Trinajstić information content (AvgIpc) is 3.00. The van der Waals surface area contributed by atoms with Crippen molar-refractivity contribution in [2.45, 2.75) is 31.5 Å². The first-order chi connectivity index (χ1) is 9.47. The molecule has 0 unspecified atom stereocenters. The Bertz CT molecular complexity index is 679. The third-order valence-corrected chi connectivity index (χ3v) is 5.28. The molecule has 1 aliphatic carbocycles. The summed E-state index contributed by atoms with van der Waals surface area (Å²) >= 11 is 3.58. The third-order valence-electron chi connectivity index (χ3n) is 3.64. The highest BCUT2D eigenvalue weighted by Gasteiger charge is 2.38. The van der Waals surface area contributed by atoms with Crippen LogP contribution in [-0.2, 0) is 11.3 Å². The van der Waals surface area contributed by atoms with Gasteiger partial charge in [-0.05, 0) is 59.0 Å². The van der Waals surface area contributed by atoms with E-state index in [0.717, 1.165) is 26.3 Å². The molecule has 0 atom stereocenters. The fraction of sp³-hybridized carbons (Fsp3) is 0.429. The van der Waals surface area contributed by atoms with Crippen molar-refractivity contribution in [2.24, 2.45) is 5.41 Å². The minimum Gasteiger partial charge on any atom is -0.481 e. The second kappa shape index (κ2) is 5.22. The van der Waals surface area contributed by atoms with E-state index in [-0.39, 0.29) is 5.75 Å². The summed E-state index contributed by atoms with van der Waals surface area (Å²) in [5.41, 5.74) is 2.41. The van der Waals surface area contributed by atoms with E-state index < -0.39 is 5.97 Å². The lowest BCUT2D eigenvalue weighted by molar-refractivity contribution is -0.133. The number of hydrogen-bond acceptors (Lipinski definition) is 3. The number of imidazole rings is 1. The Hall–Kier alpha value is -0.760. The van der Waals surface area contributed by atoms with Crippen molar-refractivity contribution < 1.29 is 9.90 Å². The van der Waals surface area contributed by atoms with Crippen LogP contribution in [0.25, 0.3) is 11.0 Å². The molecule has 3 rings (SSSR count). The van der Waals surface area contributed by atoms with E-state index >= 15 is 0 Å². The smallest absolute Gasteiger partial charge is 0.313 e. The van der Waals surface area contributed by atoms with Crippen LogP contribution >= 0.6 is 34.4 Å². The van der Waals surface area contributed by atoms with E-state index in [4.69, 9.17) is 5.11 Å². The number of hydrogen-bond donors (Lipinski definition) is 1. The molecule has 1 aliphatic rings. The monoisotopic (exact) mass is 402 g/mol. The van der Waals surface area contributed by atoms with E-state index in [1.165, 1.54) is 24.6 Å². The van der Waals surface area contributed by atoms with Crippen LogP contribution in [0.2, 0.25) is 0 Å². The molecule has 0 spiro atoms. The molecule has 0 amide bonds. The second-order valence-electron chi connectivity index (χ2n) is 5.61. The molecule has 1 fully saturated rings. The van der Waals surface area contributed by atoms with Crippen molar-refractivity contribution in [1.82, 2.24) is 9.55 Å². The Morgan fingerprint density at radius 1 is 1.55 bits per heavy atom. The zero-order valence-corrected chi connectivity index (χ0v) is 14.1. The Balaban J connectivity index is 2.01. The number of benzene rings is 1. The number of carbonyl (C=O) groups is 1. The number of thioether (sulfide) groups is 1. The molecular formula is C14H15IN2O2S. The second-order valence-corrected chi connectivity index (χ2v) is 7.79. The van der Waals surface area contributed by atoms with Gasteiger partial charge in [-0.1, -0.05) is 18.7 Å². The van der Waals surface area contributed by atoms with Gasteiger partial charge in [0, 0.05) is 10.1 Å².